The predicted molar refractivity (Wildman–Crippen MR) is 23.6 cm³/mol. The first kappa shape index (κ1) is 5.04. The first-order valence-corrected chi connectivity index (χ1v) is 2.66. The fraction of sp³-hybridized carbons (Fsp3) is 0. The molecule has 0 aromatic carbocycles. The highest BCUT2D eigenvalue weighted by molar-refractivity contribution is 7.72. The Kier molecular flexibility index (Phi) is 1.12. The van der Waals surface area contributed by atoms with E-state index >= 15 is 0 Å². The molecule has 0 N–H and O–H groups in total. The van der Waals surface area contributed by atoms with Crippen molar-refractivity contribution in [3.63, 3.8) is 0 Å². The van der Waals surface area contributed by atoms with Gasteiger partial charge in [0, 0.05) is 0 Å². The zero-order chi connectivity index (χ0) is 5.98. The van der Waals surface area contributed by atoms with Crippen LogP contribution in [0.25, 0.3) is 0 Å². The van der Waals surface area contributed by atoms with E-state index in [4.69, 9.17) is 0 Å². The molecule has 0 atom stereocenters. The Morgan fingerprint density at radius 3 is 1.88 bits per heavy atom. The van der Waals surface area contributed by atoms with Crippen LogP contribution in [0.2, 0.25) is 0 Å². The predicted octanol–water partition coefficient (Wildman–Crippen LogP) is -0.214. The zero-order valence-electron chi connectivity index (χ0n) is 3.51. The van der Waals surface area contributed by atoms with Crippen LogP contribution in [0, 0.1) is 0 Å². The Morgan fingerprint density at radius 2 is 1.62 bits per heavy atom. The highest BCUT2D eigenvalue weighted by Gasteiger charge is 1.99. The van der Waals surface area contributed by atoms with Gasteiger partial charge in [0.25, 0.3) is 10.3 Å². The highest BCUT2D eigenvalue weighted by atomic mass is 32.2. The van der Waals surface area contributed by atoms with Crippen LogP contribution >= 0.6 is 0 Å². The quantitative estimate of drug-likeness (QED) is 0.427. The average molecular weight is 132 g/mol. The van der Waals surface area contributed by atoms with Crippen molar-refractivity contribution in [1.82, 2.24) is 0 Å². The van der Waals surface area contributed by atoms with Gasteiger partial charge in [0.05, 0.1) is 0 Å². The maximum absolute atomic E-state index is 9.86. The second kappa shape index (κ2) is 1.78. The van der Waals surface area contributed by atoms with Gasteiger partial charge in [-0.1, -0.05) is 10.2 Å². The Bertz CT molecular complexity index is 248. The number of nitrogens with zero attached hydrogens (tertiary/aromatic N) is 4. The lowest BCUT2D eigenvalue weighted by molar-refractivity contribution is 0.626. The summed E-state index contributed by atoms with van der Waals surface area (Å²) in [5.41, 5.74) is 0. The van der Waals surface area contributed by atoms with E-state index in [1.807, 2.05) is 0 Å². The molecule has 1 aliphatic heterocycles. The van der Waals surface area contributed by atoms with E-state index in [0.29, 0.717) is 0 Å². The second-order valence-corrected chi connectivity index (χ2v) is 1.73. The van der Waals surface area contributed by atoms with Crippen LogP contribution in [-0.4, -0.2) is 13.5 Å². The third-order valence-corrected chi connectivity index (χ3v) is 0.911. The fourth-order valence-corrected chi connectivity index (χ4v) is 0.410. The van der Waals surface area contributed by atoms with E-state index in [1.165, 1.54) is 0 Å². The summed E-state index contributed by atoms with van der Waals surface area (Å²) >= 11 is 0. The SMILES string of the molecule is O=S(=O)=C1N=NN=N1. The summed E-state index contributed by atoms with van der Waals surface area (Å²) in [6, 6.07) is 0. The lowest BCUT2D eigenvalue weighted by Crippen LogP contribution is -1.81. The maximum atomic E-state index is 9.86. The lowest BCUT2D eigenvalue weighted by atomic mass is 11.2. The summed E-state index contributed by atoms with van der Waals surface area (Å²) in [5.74, 6) is 0. The minimum Gasteiger partial charge on any atom is -0.180 e. The number of rotatable bonds is 0. The molecule has 0 amide bonds. The summed E-state index contributed by atoms with van der Waals surface area (Å²) in [5, 5.41) is 11.6. The summed E-state index contributed by atoms with van der Waals surface area (Å²) in [7, 11) is -2.40. The molecule has 1 heterocycles. The minimum atomic E-state index is -2.40. The van der Waals surface area contributed by atoms with Gasteiger partial charge in [0.1, 0.15) is 0 Å². The molecule has 0 aromatic heterocycles. The molecule has 0 bridgehead atoms. The molecule has 0 unspecified atom stereocenters. The van der Waals surface area contributed by atoms with Crippen molar-refractivity contribution in [3.05, 3.63) is 0 Å². The molecule has 0 radical (unpaired) electrons. The molecule has 0 aliphatic carbocycles. The van der Waals surface area contributed by atoms with Gasteiger partial charge in [-0.15, -0.1) is 0 Å². The van der Waals surface area contributed by atoms with E-state index in [0.717, 1.165) is 0 Å². The molecular formula is CN4O2S. The van der Waals surface area contributed by atoms with E-state index < -0.39 is 10.3 Å². The average Bonchev–Trinajstić information content (AvgIpc) is 2.12. The highest BCUT2D eigenvalue weighted by Crippen LogP contribution is 1.93. The van der Waals surface area contributed by atoms with Gasteiger partial charge < -0.3 is 0 Å². The van der Waals surface area contributed by atoms with Crippen LogP contribution in [0.15, 0.2) is 20.7 Å². The first-order valence-electron chi connectivity index (χ1n) is 1.58. The molecular weight excluding hydrogens is 132 g/mol. The van der Waals surface area contributed by atoms with Crippen molar-refractivity contribution in [3.8, 4) is 0 Å². The van der Waals surface area contributed by atoms with Gasteiger partial charge in [-0.3, -0.25) is 0 Å². The normalized spacial score (nSPS) is 15.2. The van der Waals surface area contributed by atoms with Gasteiger partial charge in [0.2, 0.25) is 0 Å². The summed E-state index contributed by atoms with van der Waals surface area (Å²) in [4.78, 5) is 0. The Hall–Kier alpha value is -1.11. The molecule has 6 nitrogen and oxygen atoms in total. The van der Waals surface area contributed by atoms with Crippen molar-refractivity contribution < 1.29 is 8.42 Å². The lowest BCUT2D eigenvalue weighted by Gasteiger charge is -1.61. The second-order valence-electron chi connectivity index (χ2n) is 0.896. The van der Waals surface area contributed by atoms with Gasteiger partial charge in [0.15, 0.2) is 0 Å². The molecule has 0 spiro atoms. The van der Waals surface area contributed by atoms with Crippen LogP contribution in [0.1, 0.15) is 0 Å². The molecule has 1 aliphatic rings. The van der Waals surface area contributed by atoms with Crippen molar-refractivity contribution in [2.75, 3.05) is 0 Å². The zero-order valence-corrected chi connectivity index (χ0v) is 4.33. The molecule has 7 heteroatoms. The van der Waals surface area contributed by atoms with E-state index in [-0.39, 0.29) is 5.11 Å². The number of hydrogen-bond donors (Lipinski definition) is 0. The number of hydrogen-bond acceptors (Lipinski definition) is 4. The van der Waals surface area contributed by atoms with E-state index in [1.54, 1.807) is 0 Å². The molecule has 8 heavy (non-hydrogen) atoms. The van der Waals surface area contributed by atoms with Crippen LogP contribution in [0.4, 0.5) is 0 Å². The van der Waals surface area contributed by atoms with Crippen LogP contribution < -0.4 is 0 Å². The van der Waals surface area contributed by atoms with Gasteiger partial charge in [-0.25, -0.2) is 0 Å². The Balaban J connectivity index is 3.29. The van der Waals surface area contributed by atoms with Crippen molar-refractivity contribution in [1.29, 1.82) is 0 Å². The molecule has 0 saturated heterocycles. The van der Waals surface area contributed by atoms with Crippen LogP contribution in [0.3, 0.4) is 0 Å². The Labute approximate surface area is 45.5 Å². The Morgan fingerprint density at radius 1 is 1.12 bits per heavy atom. The third kappa shape index (κ3) is 0.757. The third-order valence-electron chi connectivity index (χ3n) is 0.450. The topological polar surface area (TPSA) is 83.6 Å². The van der Waals surface area contributed by atoms with E-state index in [2.05, 4.69) is 20.7 Å². The smallest absolute Gasteiger partial charge is 0.180 e. The molecule has 0 saturated carbocycles. The summed E-state index contributed by atoms with van der Waals surface area (Å²) in [6.45, 7) is 0. The minimum absolute atomic E-state index is 0.370. The van der Waals surface area contributed by atoms with Gasteiger partial charge >= 0.3 is 5.11 Å². The largest absolute Gasteiger partial charge is 0.318 e. The molecule has 0 fully saturated rings. The van der Waals surface area contributed by atoms with Crippen molar-refractivity contribution in [2.45, 2.75) is 0 Å². The fourth-order valence-electron chi connectivity index (χ4n) is 0.203. The van der Waals surface area contributed by atoms with Crippen LogP contribution in [0.5, 0.6) is 0 Å². The van der Waals surface area contributed by atoms with Gasteiger partial charge in [-0.05, 0) is 10.4 Å². The first-order chi connectivity index (χ1) is 3.80. The maximum Gasteiger partial charge on any atom is 0.318 e. The monoisotopic (exact) mass is 132 g/mol. The van der Waals surface area contributed by atoms with E-state index in [9.17, 15) is 8.42 Å². The summed E-state index contributed by atoms with van der Waals surface area (Å²) < 4.78 is 19.7. The van der Waals surface area contributed by atoms with Crippen molar-refractivity contribution in [2.24, 2.45) is 20.7 Å². The standard InChI is InChI=1S/CN4O2S/c6-8(7)1-2-4-5-3-1. The molecule has 0 aromatic rings. The summed E-state index contributed by atoms with van der Waals surface area (Å²) in [6.07, 6.45) is 0. The molecule has 42 valence electrons. The van der Waals surface area contributed by atoms with Gasteiger partial charge in [-0.2, -0.15) is 8.42 Å². The van der Waals surface area contributed by atoms with Crippen LogP contribution in [-0.2, 0) is 10.3 Å². The van der Waals surface area contributed by atoms with Crippen molar-refractivity contribution >= 4 is 15.4 Å². The molecule has 1 rings (SSSR count).